The van der Waals surface area contributed by atoms with Gasteiger partial charge in [-0.2, -0.15) is 0 Å². The summed E-state index contributed by atoms with van der Waals surface area (Å²) in [4.78, 5) is 37.0. The van der Waals surface area contributed by atoms with Crippen LogP contribution in [-0.4, -0.2) is 36.8 Å². The molecule has 1 aliphatic heterocycles. The number of ether oxygens (including phenoxy) is 2. The molecule has 12 heteroatoms. The number of methoxy groups -OCH3 is 1. The van der Waals surface area contributed by atoms with Crippen LogP contribution in [0.25, 0.3) is 0 Å². The Labute approximate surface area is 246 Å². The van der Waals surface area contributed by atoms with Crippen LogP contribution >= 0.6 is 23.4 Å². The van der Waals surface area contributed by atoms with Crippen molar-refractivity contribution in [3.8, 4) is 23.3 Å². The van der Waals surface area contributed by atoms with Crippen molar-refractivity contribution in [3.63, 3.8) is 0 Å². The molecule has 1 atom stereocenters. The zero-order chi connectivity index (χ0) is 29.6. The number of amides is 3. The molecule has 0 aromatic heterocycles. The second-order valence-corrected chi connectivity index (χ2v) is 13.1. The van der Waals surface area contributed by atoms with Crippen molar-refractivity contribution in [1.82, 2.24) is 5.32 Å². The Morgan fingerprint density at radius 3 is 2.37 bits per heavy atom. The van der Waals surface area contributed by atoms with E-state index in [2.05, 4.69) is 22.5 Å². The van der Waals surface area contributed by atoms with E-state index in [1.807, 2.05) is 6.92 Å². The summed E-state index contributed by atoms with van der Waals surface area (Å²) in [5.41, 5.74) is 1.99. The summed E-state index contributed by atoms with van der Waals surface area (Å²) in [6, 6.07) is 17.2. The maximum absolute atomic E-state index is 13.5. The average Bonchev–Trinajstić information content (AvgIpc) is 3.25. The number of rotatable bonds is 8. The molecule has 3 aromatic rings. The van der Waals surface area contributed by atoms with Crippen molar-refractivity contribution in [2.24, 2.45) is 0 Å². The number of hydrogen-bond acceptors (Lipinski definition) is 8. The minimum atomic E-state index is -4.23. The van der Waals surface area contributed by atoms with Gasteiger partial charge in [-0.05, 0) is 97.8 Å². The highest BCUT2D eigenvalue weighted by atomic mass is 35.5. The lowest BCUT2D eigenvalue weighted by Crippen LogP contribution is -2.43. The van der Waals surface area contributed by atoms with E-state index in [0.29, 0.717) is 39.5 Å². The maximum Gasteiger partial charge on any atom is 0.417 e. The summed E-state index contributed by atoms with van der Waals surface area (Å²) in [7, 11) is -2.77. The summed E-state index contributed by atoms with van der Waals surface area (Å²) in [5, 5.41) is 4.57. The number of halogens is 1. The van der Waals surface area contributed by atoms with Crippen LogP contribution in [0.3, 0.4) is 0 Å². The second kappa shape index (κ2) is 12.7. The lowest BCUT2D eigenvalue weighted by Gasteiger charge is -2.24. The molecule has 0 spiro atoms. The Kier molecular flexibility index (Phi) is 9.28. The Hall–Kier alpha value is -3.98. The number of aryl methyl sites for hydroxylation is 1. The van der Waals surface area contributed by atoms with Crippen molar-refractivity contribution in [2.75, 3.05) is 12.4 Å². The molecule has 0 saturated carbocycles. The fourth-order valence-electron chi connectivity index (χ4n) is 3.99. The molecule has 1 saturated heterocycles. The molecule has 0 aliphatic carbocycles. The van der Waals surface area contributed by atoms with Crippen molar-refractivity contribution in [3.05, 3.63) is 82.9 Å². The van der Waals surface area contributed by atoms with Crippen LogP contribution in [-0.2, 0) is 14.6 Å². The van der Waals surface area contributed by atoms with Crippen molar-refractivity contribution in [1.29, 1.82) is 0 Å². The van der Waals surface area contributed by atoms with Crippen LogP contribution < -0.4 is 20.1 Å². The van der Waals surface area contributed by atoms with Crippen molar-refractivity contribution < 1.29 is 32.3 Å². The van der Waals surface area contributed by atoms with Crippen LogP contribution in [0.1, 0.15) is 30.4 Å². The van der Waals surface area contributed by atoms with Gasteiger partial charge in [0.05, 0.1) is 12.0 Å². The molecule has 4 rings (SSSR count). The largest absolute Gasteiger partial charge is 0.497 e. The molecule has 9 nitrogen and oxygen atoms in total. The Balaban J connectivity index is 1.43. The van der Waals surface area contributed by atoms with E-state index in [1.54, 1.807) is 42.5 Å². The Bertz CT molecular complexity index is 1650. The number of anilines is 1. The van der Waals surface area contributed by atoms with Gasteiger partial charge in [0.15, 0.2) is 0 Å². The van der Waals surface area contributed by atoms with E-state index < -0.39 is 31.2 Å². The maximum atomic E-state index is 13.5. The standard InChI is InChI=1S/C29H25ClN2O7S2/c1-19-7-10-22(31-27(34)39-24-11-8-21(30)9-12-24)18-20(19)6-4-3-5-17-29(26(33)32-28(35)40-29)41(36,37)25-15-13-23(38-2)14-16-25/h7-16,18H,3,5,17H2,1-2H3,(H,31,34)(H,32,33,35). The van der Waals surface area contributed by atoms with Gasteiger partial charge < -0.3 is 9.47 Å². The molecule has 0 radical (unpaired) electrons. The van der Waals surface area contributed by atoms with Gasteiger partial charge in [0, 0.05) is 22.7 Å². The number of thioether (sulfide) groups is 1. The minimum Gasteiger partial charge on any atom is -0.497 e. The van der Waals surface area contributed by atoms with Gasteiger partial charge in [-0.1, -0.05) is 29.5 Å². The van der Waals surface area contributed by atoms with E-state index in [9.17, 15) is 22.8 Å². The van der Waals surface area contributed by atoms with Crippen LogP contribution in [0, 0.1) is 18.8 Å². The third-order valence-corrected chi connectivity index (χ3v) is 10.5. The monoisotopic (exact) mass is 612 g/mol. The van der Waals surface area contributed by atoms with Crippen molar-refractivity contribution >= 4 is 56.1 Å². The highest BCUT2D eigenvalue weighted by Crippen LogP contribution is 2.44. The summed E-state index contributed by atoms with van der Waals surface area (Å²) in [6.45, 7) is 1.86. The number of hydrogen-bond donors (Lipinski definition) is 2. The fourth-order valence-corrected chi connectivity index (χ4v) is 7.48. The first-order chi connectivity index (χ1) is 19.5. The third-order valence-electron chi connectivity index (χ3n) is 6.16. The SMILES string of the molecule is COc1ccc(S(=O)(=O)C2(CCCC#Cc3cc(NC(=O)Oc4ccc(Cl)cc4)ccc3C)SC(=O)NC2=O)cc1. The predicted molar refractivity (Wildman–Crippen MR) is 157 cm³/mol. The molecule has 212 valence electrons. The first-order valence-corrected chi connectivity index (χ1v) is 15.0. The highest BCUT2D eigenvalue weighted by Gasteiger charge is 2.57. The summed E-state index contributed by atoms with van der Waals surface area (Å²) < 4.78 is 35.4. The normalized spacial score (nSPS) is 16.4. The third kappa shape index (κ3) is 6.85. The molecule has 1 fully saturated rings. The Morgan fingerprint density at radius 2 is 1.73 bits per heavy atom. The predicted octanol–water partition coefficient (Wildman–Crippen LogP) is 5.94. The van der Waals surface area contributed by atoms with Gasteiger partial charge in [-0.25, -0.2) is 13.2 Å². The summed E-state index contributed by atoms with van der Waals surface area (Å²) in [6.07, 6.45) is -0.298. The van der Waals surface area contributed by atoms with Crippen LogP contribution in [0.15, 0.2) is 71.6 Å². The lowest BCUT2D eigenvalue weighted by atomic mass is 10.1. The average molecular weight is 613 g/mol. The topological polar surface area (TPSA) is 128 Å². The number of nitrogens with one attached hydrogen (secondary N) is 2. The van der Waals surface area contributed by atoms with E-state index in [1.165, 1.54) is 31.4 Å². The summed E-state index contributed by atoms with van der Waals surface area (Å²) in [5.74, 6) is 5.96. The number of carbonyl (C=O) groups excluding carboxylic acids is 3. The van der Waals surface area contributed by atoms with Crippen LogP contribution in [0.4, 0.5) is 15.3 Å². The molecule has 3 amide bonds. The molecular weight excluding hydrogens is 588 g/mol. The molecule has 41 heavy (non-hydrogen) atoms. The Morgan fingerprint density at radius 1 is 1.05 bits per heavy atom. The van der Waals surface area contributed by atoms with E-state index in [4.69, 9.17) is 21.1 Å². The quantitative estimate of drug-likeness (QED) is 0.236. The second-order valence-electron chi connectivity index (χ2n) is 8.93. The first-order valence-electron chi connectivity index (χ1n) is 12.3. The molecule has 1 unspecified atom stereocenters. The number of benzene rings is 3. The van der Waals surface area contributed by atoms with E-state index in [-0.39, 0.29) is 24.2 Å². The zero-order valence-electron chi connectivity index (χ0n) is 22.0. The van der Waals surface area contributed by atoms with Gasteiger partial charge in [0.2, 0.25) is 13.9 Å². The van der Waals surface area contributed by atoms with Gasteiger partial charge in [0.25, 0.3) is 11.1 Å². The number of unbranched alkanes of at least 4 members (excludes halogenated alkanes) is 1. The molecular formula is C29H25ClN2O7S2. The van der Waals surface area contributed by atoms with Gasteiger partial charge in [-0.15, -0.1) is 0 Å². The smallest absolute Gasteiger partial charge is 0.417 e. The number of carbonyl (C=O) groups is 3. The van der Waals surface area contributed by atoms with Crippen LogP contribution in [0.2, 0.25) is 5.02 Å². The zero-order valence-corrected chi connectivity index (χ0v) is 24.4. The van der Waals surface area contributed by atoms with Gasteiger partial charge in [-0.3, -0.25) is 20.2 Å². The first kappa shape index (κ1) is 30.0. The van der Waals surface area contributed by atoms with Gasteiger partial charge >= 0.3 is 6.09 Å². The van der Waals surface area contributed by atoms with Gasteiger partial charge in [0.1, 0.15) is 11.5 Å². The van der Waals surface area contributed by atoms with Crippen molar-refractivity contribution in [2.45, 2.75) is 35.2 Å². The highest BCUT2D eigenvalue weighted by molar-refractivity contribution is 8.25. The van der Waals surface area contributed by atoms with Crippen LogP contribution in [0.5, 0.6) is 11.5 Å². The lowest BCUT2D eigenvalue weighted by molar-refractivity contribution is -0.120. The fraction of sp³-hybridized carbons (Fsp3) is 0.207. The molecule has 1 heterocycles. The molecule has 2 N–H and O–H groups in total. The van der Waals surface area contributed by atoms with E-state index in [0.717, 1.165) is 5.56 Å². The molecule has 3 aromatic carbocycles. The number of imide groups is 1. The molecule has 0 bridgehead atoms. The van der Waals surface area contributed by atoms with E-state index >= 15 is 0 Å². The number of sulfone groups is 1. The summed E-state index contributed by atoms with van der Waals surface area (Å²) >= 11 is 6.32. The minimum absolute atomic E-state index is 0.0868. The molecule has 1 aliphatic rings.